The first-order valence-corrected chi connectivity index (χ1v) is 21.3. The monoisotopic (exact) mass is 790 g/mol. The van der Waals surface area contributed by atoms with Gasteiger partial charge in [0.05, 0.1) is 33.0 Å². The van der Waals surface area contributed by atoms with Crippen molar-refractivity contribution >= 4 is 17.5 Å². The van der Waals surface area contributed by atoms with E-state index in [2.05, 4.69) is 99.0 Å². The predicted molar refractivity (Wildman–Crippen MR) is 236 cm³/mol. The van der Waals surface area contributed by atoms with Crippen LogP contribution in [-0.2, 0) is 38.3 Å². The molecule has 1 aliphatic carbocycles. The Balaban J connectivity index is 1.58. The van der Waals surface area contributed by atoms with Gasteiger partial charge in [0, 0.05) is 22.5 Å². The van der Waals surface area contributed by atoms with E-state index >= 15 is 0 Å². The van der Waals surface area contributed by atoms with Crippen molar-refractivity contribution in [1.29, 1.82) is 0 Å². The Bertz CT molecular complexity index is 1810. The summed E-state index contributed by atoms with van der Waals surface area (Å²) < 4.78 is 17.5. The number of aliphatic hydroxyl groups is 2. The minimum absolute atomic E-state index is 0.127. The van der Waals surface area contributed by atoms with E-state index in [4.69, 9.17) is 14.2 Å². The molecule has 0 saturated heterocycles. The third kappa shape index (κ3) is 13.7. The van der Waals surface area contributed by atoms with Gasteiger partial charge in [0.15, 0.2) is 0 Å². The molecule has 0 heterocycles. The third-order valence-electron chi connectivity index (χ3n) is 11.0. The molecule has 1 atom stereocenters. The molecule has 0 bridgehead atoms. The molecule has 0 amide bonds. The van der Waals surface area contributed by atoms with E-state index < -0.39 is 17.4 Å². The molecule has 7 nitrogen and oxygen atoms in total. The second-order valence-corrected chi connectivity index (χ2v) is 16.0. The standard InChI is InChI=1S/C51H66O7/c1-7-9-10-13-39-16-18-40(19-17-39)41-20-22-42(23-21-41)43-24-26-44(27-25-43)47-33-45(14-11-30-57-49(54)37(3)4)48(56-32-29-51(35-52,36-53)28-8-2)46(34-47)15-12-31-58-50(55)38(5)6/h16-20,22-27,33-34,41,52-53H,3,5,7-15,21,28-32,35-36H2,1-2,4,6H3. The van der Waals surface area contributed by atoms with Gasteiger partial charge in [-0.25, -0.2) is 9.59 Å². The quantitative estimate of drug-likeness (QED) is 0.0500. The predicted octanol–water partition coefficient (Wildman–Crippen LogP) is 10.9. The molecule has 0 spiro atoms. The van der Waals surface area contributed by atoms with Crippen LogP contribution >= 0.6 is 0 Å². The lowest BCUT2D eigenvalue weighted by Crippen LogP contribution is -2.31. The summed E-state index contributed by atoms with van der Waals surface area (Å²) in [6, 6.07) is 22.1. The van der Waals surface area contributed by atoms with Crippen LogP contribution in [0.25, 0.3) is 16.7 Å². The van der Waals surface area contributed by atoms with Crippen LogP contribution < -0.4 is 4.74 Å². The zero-order valence-electron chi connectivity index (χ0n) is 35.5. The highest BCUT2D eigenvalue weighted by molar-refractivity contribution is 5.87. The number of hydrogen-bond donors (Lipinski definition) is 2. The van der Waals surface area contributed by atoms with Crippen LogP contribution in [0.2, 0.25) is 0 Å². The highest BCUT2D eigenvalue weighted by Crippen LogP contribution is 2.36. The molecule has 312 valence electrons. The fraction of sp³-hybridized carbons (Fsp3) is 0.451. The fourth-order valence-electron chi connectivity index (χ4n) is 7.42. The average molecular weight is 791 g/mol. The molecule has 2 N–H and O–H groups in total. The number of aryl methyl sites for hydroxylation is 3. The number of unbranched alkanes of at least 4 members (excludes halogenated alkanes) is 2. The average Bonchev–Trinajstić information content (AvgIpc) is 3.24. The van der Waals surface area contributed by atoms with Crippen LogP contribution in [0.1, 0.15) is 119 Å². The summed E-state index contributed by atoms with van der Waals surface area (Å²) in [6.07, 6.45) is 17.1. The molecule has 0 saturated carbocycles. The number of rotatable bonds is 25. The molecule has 0 radical (unpaired) electrons. The summed E-state index contributed by atoms with van der Waals surface area (Å²) in [5.41, 5.74) is 9.23. The van der Waals surface area contributed by atoms with Gasteiger partial charge in [-0.05, 0) is 128 Å². The smallest absolute Gasteiger partial charge is 0.333 e. The lowest BCUT2D eigenvalue weighted by atomic mass is 9.82. The Labute approximate surface area is 347 Å². The van der Waals surface area contributed by atoms with Gasteiger partial charge < -0.3 is 24.4 Å². The number of benzene rings is 3. The molecule has 0 fully saturated rings. The van der Waals surface area contributed by atoms with Crippen LogP contribution in [0.3, 0.4) is 0 Å². The number of esters is 2. The fourth-order valence-corrected chi connectivity index (χ4v) is 7.42. The van der Waals surface area contributed by atoms with Crippen LogP contribution in [0.15, 0.2) is 103 Å². The number of allylic oxidation sites excluding steroid dienone is 4. The van der Waals surface area contributed by atoms with E-state index in [9.17, 15) is 19.8 Å². The van der Waals surface area contributed by atoms with Crippen molar-refractivity contribution in [1.82, 2.24) is 0 Å². The molecule has 1 unspecified atom stereocenters. The van der Waals surface area contributed by atoms with Gasteiger partial charge in [-0.2, -0.15) is 0 Å². The van der Waals surface area contributed by atoms with E-state index in [0.717, 1.165) is 52.8 Å². The minimum atomic E-state index is -0.632. The van der Waals surface area contributed by atoms with Gasteiger partial charge in [-0.3, -0.25) is 0 Å². The number of hydrogen-bond acceptors (Lipinski definition) is 7. The molecular formula is C51H66O7. The van der Waals surface area contributed by atoms with Crippen LogP contribution in [0.4, 0.5) is 0 Å². The lowest BCUT2D eigenvalue weighted by Gasteiger charge is -2.30. The maximum Gasteiger partial charge on any atom is 0.333 e. The second kappa shape index (κ2) is 23.6. The van der Waals surface area contributed by atoms with Crippen molar-refractivity contribution in [3.05, 3.63) is 131 Å². The SMILES string of the molecule is C=C(C)C(=O)OCCCc1cc(-c2ccc(C3=CCC(c4ccc(CCCCC)cc4)C=C3)cc2)cc(CCCOC(=O)C(=C)C)c1OCCC(CO)(CO)CCC. The molecule has 0 aliphatic heterocycles. The van der Waals surface area contributed by atoms with Crippen molar-refractivity contribution in [2.75, 3.05) is 33.0 Å². The number of carbonyl (C=O) groups is 2. The van der Waals surface area contributed by atoms with Gasteiger partial charge in [0.1, 0.15) is 5.75 Å². The maximum atomic E-state index is 12.1. The molecule has 3 aromatic rings. The Morgan fingerprint density at radius 2 is 1.29 bits per heavy atom. The summed E-state index contributed by atoms with van der Waals surface area (Å²) in [7, 11) is 0. The lowest BCUT2D eigenvalue weighted by molar-refractivity contribution is -0.139. The van der Waals surface area contributed by atoms with Gasteiger partial charge in [-0.1, -0.05) is 113 Å². The van der Waals surface area contributed by atoms with E-state index in [-0.39, 0.29) is 26.4 Å². The minimum Gasteiger partial charge on any atom is -0.493 e. The summed E-state index contributed by atoms with van der Waals surface area (Å²) in [6.45, 7) is 15.4. The molecule has 4 rings (SSSR count). The molecule has 0 aromatic heterocycles. The second-order valence-electron chi connectivity index (χ2n) is 16.0. The third-order valence-corrected chi connectivity index (χ3v) is 11.0. The van der Waals surface area contributed by atoms with Crippen LogP contribution in [0, 0.1) is 5.41 Å². The summed E-state index contributed by atoms with van der Waals surface area (Å²) >= 11 is 0. The number of carbonyl (C=O) groups excluding carboxylic acids is 2. The van der Waals surface area contributed by atoms with E-state index in [1.165, 1.54) is 36.0 Å². The molecule has 58 heavy (non-hydrogen) atoms. The largest absolute Gasteiger partial charge is 0.493 e. The highest BCUT2D eigenvalue weighted by atomic mass is 16.5. The Morgan fingerprint density at radius 3 is 1.79 bits per heavy atom. The van der Waals surface area contributed by atoms with Crippen molar-refractivity contribution in [3.63, 3.8) is 0 Å². The first kappa shape index (κ1) is 46.0. The zero-order chi connectivity index (χ0) is 41.9. The van der Waals surface area contributed by atoms with Crippen LogP contribution in [-0.4, -0.2) is 55.2 Å². The summed E-state index contributed by atoms with van der Waals surface area (Å²) in [5.74, 6) is 0.272. The maximum absolute atomic E-state index is 12.1. The van der Waals surface area contributed by atoms with Gasteiger partial charge in [-0.15, -0.1) is 0 Å². The first-order chi connectivity index (χ1) is 28.0. The summed E-state index contributed by atoms with van der Waals surface area (Å²) in [5, 5.41) is 20.4. The van der Waals surface area contributed by atoms with Crippen molar-refractivity contribution in [2.24, 2.45) is 5.41 Å². The van der Waals surface area contributed by atoms with E-state index in [1.54, 1.807) is 13.8 Å². The highest BCUT2D eigenvalue weighted by Gasteiger charge is 2.28. The Morgan fingerprint density at radius 1 is 0.707 bits per heavy atom. The van der Waals surface area contributed by atoms with Gasteiger partial charge >= 0.3 is 11.9 Å². The van der Waals surface area contributed by atoms with E-state index in [1.807, 2.05) is 6.92 Å². The normalized spacial score (nSPS) is 13.8. The van der Waals surface area contributed by atoms with Crippen molar-refractivity contribution in [3.8, 4) is 16.9 Å². The van der Waals surface area contributed by atoms with Crippen molar-refractivity contribution in [2.45, 2.75) is 111 Å². The van der Waals surface area contributed by atoms with Gasteiger partial charge in [0.25, 0.3) is 0 Å². The zero-order valence-corrected chi connectivity index (χ0v) is 35.5. The molecular weight excluding hydrogens is 725 g/mol. The number of ether oxygens (including phenoxy) is 3. The van der Waals surface area contributed by atoms with E-state index in [0.29, 0.717) is 62.2 Å². The van der Waals surface area contributed by atoms with Crippen LogP contribution in [0.5, 0.6) is 5.75 Å². The first-order valence-electron chi connectivity index (χ1n) is 21.3. The Hall–Kier alpha value is -4.72. The number of aliphatic hydroxyl groups excluding tert-OH is 2. The molecule has 1 aliphatic rings. The van der Waals surface area contributed by atoms with Crippen molar-refractivity contribution < 1.29 is 34.0 Å². The topological polar surface area (TPSA) is 102 Å². The van der Waals surface area contributed by atoms with Gasteiger partial charge in [0.2, 0.25) is 0 Å². The summed E-state index contributed by atoms with van der Waals surface area (Å²) in [4.78, 5) is 24.3. The molecule has 3 aromatic carbocycles. The Kier molecular flexibility index (Phi) is 18.7. The molecule has 7 heteroatoms.